The van der Waals surface area contributed by atoms with Crippen LogP contribution in [0.1, 0.15) is 11.6 Å². The Morgan fingerprint density at radius 3 is 2.33 bits per heavy atom. The summed E-state index contributed by atoms with van der Waals surface area (Å²) in [6.07, 6.45) is 0. The van der Waals surface area contributed by atoms with Crippen LogP contribution >= 0.6 is 0 Å². The molecular weight excluding hydrogens is 226 g/mol. The lowest BCUT2D eigenvalue weighted by Crippen LogP contribution is -2.40. The van der Waals surface area contributed by atoms with Gasteiger partial charge in [0.25, 0.3) is 0 Å². The van der Waals surface area contributed by atoms with Crippen molar-refractivity contribution in [3.8, 4) is 0 Å². The number of nitrogens with one attached hydrogen (secondary N) is 1. The van der Waals surface area contributed by atoms with E-state index in [2.05, 4.69) is 5.32 Å². The first-order valence-electron chi connectivity index (χ1n) is 6.19. The van der Waals surface area contributed by atoms with Crippen molar-refractivity contribution in [3.05, 3.63) is 35.9 Å². The highest BCUT2D eigenvalue weighted by atomic mass is 16.2. The second-order valence-corrected chi connectivity index (χ2v) is 4.64. The number of nitrogens with zero attached hydrogens (tertiary/aromatic N) is 2. The molecular formula is C14H23N3O. The van der Waals surface area contributed by atoms with Gasteiger partial charge in [0.15, 0.2) is 0 Å². The maximum absolute atomic E-state index is 12.4. The molecule has 4 nitrogen and oxygen atoms in total. The number of carbonyl (C=O) groups is 1. The van der Waals surface area contributed by atoms with Crippen molar-refractivity contribution >= 4 is 5.91 Å². The molecule has 0 aromatic heterocycles. The van der Waals surface area contributed by atoms with Gasteiger partial charge in [-0.1, -0.05) is 30.3 Å². The summed E-state index contributed by atoms with van der Waals surface area (Å²) in [5.74, 6) is 0.126. The molecule has 0 saturated heterocycles. The molecule has 1 aromatic rings. The molecule has 0 bridgehead atoms. The van der Waals surface area contributed by atoms with Gasteiger partial charge in [-0.3, -0.25) is 9.69 Å². The highest BCUT2D eigenvalue weighted by molar-refractivity contribution is 5.83. The number of benzene rings is 1. The molecule has 1 atom stereocenters. The highest BCUT2D eigenvalue weighted by Gasteiger charge is 2.25. The lowest BCUT2D eigenvalue weighted by atomic mass is 10.0. The standard InChI is InChI=1S/C14H23N3O/c1-15-10-11-17(4)14(18)13(16(2)3)12-8-6-5-7-9-12/h5-9,13,15H,10-11H2,1-4H3. The Kier molecular flexibility index (Phi) is 5.82. The second kappa shape index (κ2) is 7.13. The minimum atomic E-state index is -0.215. The van der Waals surface area contributed by atoms with E-state index in [-0.39, 0.29) is 11.9 Å². The Bertz CT molecular complexity index is 365. The fraction of sp³-hybridized carbons (Fsp3) is 0.500. The third-order valence-electron chi connectivity index (χ3n) is 2.94. The third kappa shape index (κ3) is 3.82. The summed E-state index contributed by atoms with van der Waals surface area (Å²) in [4.78, 5) is 16.2. The van der Waals surface area contributed by atoms with E-state index in [0.29, 0.717) is 6.54 Å². The molecule has 18 heavy (non-hydrogen) atoms. The Morgan fingerprint density at radius 2 is 1.83 bits per heavy atom. The summed E-state index contributed by atoms with van der Waals surface area (Å²) in [6, 6.07) is 9.67. The van der Waals surface area contributed by atoms with Crippen molar-refractivity contribution in [2.45, 2.75) is 6.04 Å². The average Bonchev–Trinajstić information content (AvgIpc) is 2.36. The summed E-state index contributed by atoms with van der Waals surface area (Å²) < 4.78 is 0. The predicted molar refractivity (Wildman–Crippen MR) is 74.4 cm³/mol. The van der Waals surface area contributed by atoms with Gasteiger partial charge in [-0.15, -0.1) is 0 Å². The molecule has 0 aliphatic heterocycles. The number of likely N-dealkylation sites (N-methyl/N-ethyl adjacent to an activating group) is 3. The van der Waals surface area contributed by atoms with Gasteiger partial charge in [-0.05, 0) is 26.7 Å². The van der Waals surface area contributed by atoms with Crippen LogP contribution in [-0.2, 0) is 4.79 Å². The van der Waals surface area contributed by atoms with E-state index in [0.717, 1.165) is 12.1 Å². The zero-order chi connectivity index (χ0) is 13.5. The van der Waals surface area contributed by atoms with E-state index in [4.69, 9.17) is 0 Å². The molecule has 1 N–H and O–H groups in total. The molecule has 0 aliphatic rings. The Hall–Kier alpha value is -1.39. The summed E-state index contributed by atoms with van der Waals surface area (Å²) in [7, 11) is 7.60. The van der Waals surface area contributed by atoms with Gasteiger partial charge in [0.1, 0.15) is 6.04 Å². The summed E-state index contributed by atoms with van der Waals surface area (Å²) in [6.45, 7) is 1.52. The molecule has 0 fully saturated rings. The van der Waals surface area contributed by atoms with Crippen LogP contribution in [0.4, 0.5) is 0 Å². The molecule has 0 saturated carbocycles. The fourth-order valence-electron chi connectivity index (χ4n) is 1.90. The lowest BCUT2D eigenvalue weighted by Gasteiger charge is -2.28. The predicted octanol–water partition coefficient (Wildman–Crippen LogP) is 0.967. The normalized spacial score (nSPS) is 12.5. The van der Waals surface area contributed by atoms with Gasteiger partial charge in [-0.25, -0.2) is 0 Å². The SMILES string of the molecule is CNCCN(C)C(=O)C(c1ccccc1)N(C)C. The van der Waals surface area contributed by atoms with Crippen molar-refractivity contribution in [1.82, 2.24) is 15.1 Å². The average molecular weight is 249 g/mol. The van der Waals surface area contributed by atoms with Crippen LogP contribution in [0.25, 0.3) is 0 Å². The molecule has 1 rings (SSSR count). The van der Waals surface area contributed by atoms with Gasteiger partial charge in [0.05, 0.1) is 0 Å². The van der Waals surface area contributed by atoms with Gasteiger partial charge in [0.2, 0.25) is 5.91 Å². The van der Waals surface area contributed by atoms with Gasteiger partial charge >= 0.3 is 0 Å². The van der Waals surface area contributed by atoms with E-state index < -0.39 is 0 Å². The van der Waals surface area contributed by atoms with Crippen LogP contribution in [0.3, 0.4) is 0 Å². The topological polar surface area (TPSA) is 35.6 Å². The maximum atomic E-state index is 12.4. The van der Waals surface area contributed by atoms with Gasteiger partial charge in [-0.2, -0.15) is 0 Å². The minimum Gasteiger partial charge on any atom is -0.343 e. The quantitative estimate of drug-likeness (QED) is 0.816. The fourth-order valence-corrected chi connectivity index (χ4v) is 1.90. The van der Waals surface area contributed by atoms with Crippen molar-refractivity contribution in [2.75, 3.05) is 41.3 Å². The maximum Gasteiger partial charge on any atom is 0.244 e. The summed E-state index contributed by atoms with van der Waals surface area (Å²) in [5, 5.41) is 3.05. The first-order valence-corrected chi connectivity index (χ1v) is 6.19. The first-order chi connectivity index (χ1) is 8.57. The number of hydrogen-bond acceptors (Lipinski definition) is 3. The van der Waals surface area contributed by atoms with Crippen molar-refractivity contribution < 1.29 is 4.79 Å². The van der Waals surface area contributed by atoms with Crippen LogP contribution in [-0.4, -0.2) is 57.0 Å². The van der Waals surface area contributed by atoms with Crippen LogP contribution in [0, 0.1) is 0 Å². The smallest absolute Gasteiger partial charge is 0.244 e. The van der Waals surface area contributed by atoms with Crippen LogP contribution in [0.15, 0.2) is 30.3 Å². The largest absolute Gasteiger partial charge is 0.343 e. The van der Waals surface area contributed by atoms with Crippen LogP contribution in [0.5, 0.6) is 0 Å². The van der Waals surface area contributed by atoms with Crippen molar-refractivity contribution in [1.29, 1.82) is 0 Å². The molecule has 0 spiro atoms. The minimum absolute atomic E-state index is 0.126. The Morgan fingerprint density at radius 1 is 1.22 bits per heavy atom. The molecule has 0 heterocycles. The van der Waals surface area contributed by atoms with E-state index in [1.807, 2.05) is 63.4 Å². The Balaban J connectivity index is 2.83. The number of hydrogen-bond donors (Lipinski definition) is 1. The number of amides is 1. The Labute approximate surface area is 110 Å². The van der Waals surface area contributed by atoms with Crippen LogP contribution < -0.4 is 5.32 Å². The van der Waals surface area contributed by atoms with Crippen molar-refractivity contribution in [2.24, 2.45) is 0 Å². The first kappa shape index (κ1) is 14.7. The van der Waals surface area contributed by atoms with E-state index in [9.17, 15) is 4.79 Å². The van der Waals surface area contributed by atoms with Crippen LogP contribution in [0.2, 0.25) is 0 Å². The molecule has 0 aliphatic carbocycles. The zero-order valence-electron chi connectivity index (χ0n) is 11.7. The second-order valence-electron chi connectivity index (χ2n) is 4.64. The zero-order valence-corrected chi connectivity index (χ0v) is 11.7. The molecule has 4 heteroatoms. The molecule has 0 radical (unpaired) electrons. The monoisotopic (exact) mass is 249 g/mol. The molecule has 1 unspecified atom stereocenters. The lowest BCUT2D eigenvalue weighted by molar-refractivity contribution is -0.134. The number of carbonyl (C=O) groups excluding carboxylic acids is 1. The van der Waals surface area contributed by atoms with Crippen molar-refractivity contribution in [3.63, 3.8) is 0 Å². The van der Waals surface area contributed by atoms with E-state index in [1.54, 1.807) is 4.90 Å². The molecule has 1 aromatic carbocycles. The van der Waals surface area contributed by atoms with E-state index >= 15 is 0 Å². The molecule has 100 valence electrons. The summed E-state index contributed by atoms with van der Waals surface area (Å²) in [5.41, 5.74) is 1.03. The molecule has 1 amide bonds. The highest BCUT2D eigenvalue weighted by Crippen LogP contribution is 2.19. The van der Waals surface area contributed by atoms with Gasteiger partial charge in [0, 0.05) is 20.1 Å². The number of rotatable bonds is 6. The summed E-state index contributed by atoms with van der Waals surface area (Å²) >= 11 is 0. The van der Waals surface area contributed by atoms with E-state index in [1.165, 1.54) is 0 Å². The third-order valence-corrected chi connectivity index (χ3v) is 2.94. The van der Waals surface area contributed by atoms with Gasteiger partial charge < -0.3 is 10.2 Å².